The van der Waals surface area contributed by atoms with Gasteiger partial charge in [0.05, 0.1) is 12.2 Å². The molecule has 2 heteroatoms. The van der Waals surface area contributed by atoms with Crippen molar-refractivity contribution in [1.82, 2.24) is 0 Å². The molecule has 0 aromatic heterocycles. The third kappa shape index (κ3) is 1.39. The van der Waals surface area contributed by atoms with Crippen molar-refractivity contribution >= 4 is 0 Å². The molecule has 1 heterocycles. The summed E-state index contributed by atoms with van der Waals surface area (Å²) >= 11 is 0. The van der Waals surface area contributed by atoms with Gasteiger partial charge in [-0.1, -0.05) is 6.08 Å². The highest BCUT2D eigenvalue weighted by Crippen LogP contribution is 2.32. The van der Waals surface area contributed by atoms with Crippen molar-refractivity contribution < 1.29 is 9.84 Å². The van der Waals surface area contributed by atoms with E-state index in [1.54, 1.807) is 6.08 Å². The van der Waals surface area contributed by atoms with Crippen LogP contribution in [0, 0.1) is 0 Å². The van der Waals surface area contributed by atoms with Gasteiger partial charge in [0.2, 0.25) is 0 Å². The van der Waals surface area contributed by atoms with Crippen LogP contribution in [0.5, 0.6) is 0 Å². The van der Waals surface area contributed by atoms with Crippen molar-refractivity contribution in [3.05, 3.63) is 12.7 Å². The van der Waals surface area contributed by atoms with E-state index in [1.807, 2.05) is 13.8 Å². The Bertz CT molecular complexity index is 151. The van der Waals surface area contributed by atoms with Gasteiger partial charge in [0, 0.05) is 6.42 Å². The van der Waals surface area contributed by atoms with Gasteiger partial charge in [-0.15, -0.1) is 6.58 Å². The molecule has 1 N–H and O–H groups in total. The van der Waals surface area contributed by atoms with Gasteiger partial charge in [0.1, 0.15) is 5.60 Å². The molecule has 1 saturated heterocycles. The van der Waals surface area contributed by atoms with Gasteiger partial charge in [0.15, 0.2) is 0 Å². The van der Waals surface area contributed by atoms with Crippen molar-refractivity contribution in [2.45, 2.75) is 31.5 Å². The fourth-order valence-corrected chi connectivity index (χ4v) is 1.29. The van der Waals surface area contributed by atoms with Crippen LogP contribution in [-0.4, -0.2) is 22.9 Å². The first kappa shape index (κ1) is 7.76. The predicted octanol–water partition coefficient (Wildman–Crippen LogP) is 1.10. The molecule has 1 atom stereocenters. The number of rotatable bonds is 1. The van der Waals surface area contributed by atoms with E-state index in [2.05, 4.69) is 6.58 Å². The zero-order valence-corrected chi connectivity index (χ0v) is 6.55. The standard InChI is InChI=1S/C8H14O2/c1-4-8(9)5-7(2,3)10-6-8/h4,9H,1,5-6H2,2-3H3. The number of aliphatic hydroxyl groups is 1. The minimum absolute atomic E-state index is 0.192. The maximum absolute atomic E-state index is 9.59. The number of hydrogen-bond acceptors (Lipinski definition) is 2. The van der Waals surface area contributed by atoms with Crippen LogP contribution in [0.1, 0.15) is 20.3 Å². The minimum atomic E-state index is -0.788. The highest BCUT2D eigenvalue weighted by atomic mass is 16.5. The van der Waals surface area contributed by atoms with Crippen molar-refractivity contribution in [3.8, 4) is 0 Å². The van der Waals surface area contributed by atoms with Crippen LogP contribution in [-0.2, 0) is 4.74 Å². The molecule has 0 saturated carbocycles. The second-order valence-corrected chi connectivity index (χ2v) is 3.53. The number of ether oxygens (including phenoxy) is 1. The molecule has 58 valence electrons. The fourth-order valence-electron chi connectivity index (χ4n) is 1.29. The third-order valence-electron chi connectivity index (χ3n) is 1.82. The molecular formula is C8H14O2. The summed E-state index contributed by atoms with van der Waals surface area (Å²) in [6, 6.07) is 0. The highest BCUT2D eigenvalue weighted by molar-refractivity contribution is 5.03. The first-order chi connectivity index (χ1) is 4.47. The molecule has 0 aliphatic carbocycles. The first-order valence-corrected chi connectivity index (χ1v) is 3.47. The molecule has 0 aromatic carbocycles. The van der Waals surface area contributed by atoms with E-state index < -0.39 is 5.60 Å². The van der Waals surface area contributed by atoms with Gasteiger partial charge < -0.3 is 9.84 Å². The molecule has 10 heavy (non-hydrogen) atoms. The van der Waals surface area contributed by atoms with E-state index in [-0.39, 0.29) is 5.60 Å². The topological polar surface area (TPSA) is 29.5 Å². The summed E-state index contributed by atoms with van der Waals surface area (Å²) in [5.74, 6) is 0. The minimum Gasteiger partial charge on any atom is -0.383 e. The normalized spacial score (nSPS) is 37.9. The lowest BCUT2D eigenvalue weighted by Gasteiger charge is -2.17. The highest BCUT2D eigenvalue weighted by Gasteiger charge is 2.40. The van der Waals surface area contributed by atoms with Gasteiger partial charge in [-0.05, 0) is 13.8 Å². The van der Waals surface area contributed by atoms with Crippen molar-refractivity contribution in [2.24, 2.45) is 0 Å². The van der Waals surface area contributed by atoms with Gasteiger partial charge >= 0.3 is 0 Å². The van der Waals surface area contributed by atoms with Crippen molar-refractivity contribution in [1.29, 1.82) is 0 Å². The molecule has 1 aliphatic rings. The van der Waals surface area contributed by atoms with E-state index in [1.165, 1.54) is 0 Å². The molecule has 0 aromatic rings. The number of hydrogen-bond donors (Lipinski definition) is 1. The van der Waals surface area contributed by atoms with E-state index >= 15 is 0 Å². The lowest BCUT2D eigenvalue weighted by atomic mass is 9.94. The smallest absolute Gasteiger partial charge is 0.108 e. The maximum Gasteiger partial charge on any atom is 0.108 e. The van der Waals surface area contributed by atoms with Crippen LogP contribution in [0.25, 0.3) is 0 Å². The van der Waals surface area contributed by atoms with Gasteiger partial charge in [-0.2, -0.15) is 0 Å². The second kappa shape index (κ2) is 2.07. The summed E-state index contributed by atoms with van der Waals surface area (Å²) in [5, 5.41) is 9.59. The Hall–Kier alpha value is -0.340. The predicted molar refractivity (Wildman–Crippen MR) is 39.8 cm³/mol. The molecule has 0 spiro atoms. The van der Waals surface area contributed by atoms with Crippen LogP contribution >= 0.6 is 0 Å². The monoisotopic (exact) mass is 142 g/mol. The first-order valence-electron chi connectivity index (χ1n) is 3.47. The van der Waals surface area contributed by atoms with Crippen molar-refractivity contribution in [2.75, 3.05) is 6.61 Å². The summed E-state index contributed by atoms with van der Waals surface area (Å²) < 4.78 is 5.33. The maximum atomic E-state index is 9.59. The summed E-state index contributed by atoms with van der Waals surface area (Å²) in [6.07, 6.45) is 2.20. The Morgan fingerprint density at radius 1 is 1.60 bits per heavy atom. The zero-order valence-electron chi connectivity index (χ0n) is 6.55. The van der Waals surface area contributed by atoms with E-state index in [0.717, 1.165) is 0 Å². The average molecular weight is 142 g/mol. The van der Waals surface area contributed by atoms with Crippen LogP contribution in [0.4, 0.5) is 0 Å². The zero-order chi connectivity index (χ0) is 7.83. The fraction of sp³-hybridized carbons (Fsp3) is 0.750. The Balaban J connectivity index is 2.66. The lowest BCUT2D eigenvalue weighted by Crippen LogP contribution is -2.27. The van der Waals surface area contributed by atoms with Gasteiger partial charge in [-0.25, -0.2) is 0 Å². The largest absolute Gasteiger partial charge is 0.383 e. The molecule has 1 aliphatic heterocycles. The Morgan fingerprint density at radius 3 is 2.40 bits per heavy atom. The third-order valence-corrected chi connectivity index (χ3v) is 1.82. The molecule has 1 rings (SSSR count). The molecule has 2 nitrogen and oxygen atoms in total. The lowest BCUT2D eigenvalue weighted by molar-refractivity contribution is 0.0212. The molecule has 1 unspecified atom stereocenters. The van der Waals surface area contributed by atoms with Crippen LogP contribution in [0.15, 0.2) is 12.7 Å². The molecular weight excluding hydrogens is 128 g/mol. The molecule has 0 radical (unpaired) electrons. The Morgan fingerprint density at radius 2 is 2.20 bits per heavy atom. The molecule has 1 fully saturated rings. The van der Waals surface area contributed by atoms with Crippen LogP contribution in [0.2, 0.25) is 0 Å². The quantitative estimate of drug-likeness (QED) is 0.555. The van der Waals surface area contributed by atoms with Crippen LogP contribution < -0.4 is 0 Å². The van der Waals surface area contributed by atoms with E-state index in [0.29, 0.717) is 13.0 Å². The summed E-state index contributed by atoms with van der Waals surface area (Å²) in [5.41, 5.74) is -0.980. The van der Waals surface area contributed by atoms with E-state index in [9.17, 15) is 5.11 Å². The van der Waals surface area contributed by atoms with Crippen molar-refractivity contribution in [3.63, 3.8) is 0 Å². The molecule has 0 amide bonds. The second-order valence-electron chi connectivity index (χ2n) is 3.53. The van der Waals surface area contributed by atoms with Gasteiger partial charge in [-0.3, -0.25) is 0 Å². The van der Waals surface area contributed by atoms with E-state index in [4.69, 9.17) is 4.74 Å². The average Bonchev–Trinajstić information content (AvgIpc) is 2.08. The molecule has 0 bridgehead atoms. The SMILES string of the molecule is C=CC1(O)COC(C)(C)C1. The Labute approximate surface area is 61.5 Å². The van der Waals surface area contributed by atoms with Crippen LogP contribution in [0.3, 0.4) is 0 Å². The summed E-state index contributed by atoms with van der Waals surface area (Å²) in [7, 11) is 0. The Kier molecular flexibility index (Phi) is 1.61. The summed E-state index contributed by atoms with van der Waals surface area (Å²) in [6.45, 7) is 7.86. The van der Waals surface area contributed by atoms with Gasteiger partial charge in [0.25, 0.3) is 0 Å². The summed E-state index contributed by atoms with van der Waals surface area (Å²) in [4.78, 5) is 0.